The Labute approximate surface area is 141 Å². The first-order valence-electron chi connectivity index (χ1n) is 6.86. The number of thiophene rings is 1. The molecule has 0 aliphatic carbocycles. The number of hydrogen-bond donors (Lipinski definition) is 4. The first kappa shape index (κ1) is 17.4. The van der Waals surface area contributed by atoms with Gasteiger partial charge in [-0.1, -0.05) is 0 Å². The summed E-state index contributed by atoms with van der Waals surface area (Å²) in [5, 5.41) is 10.6. The molecular formula is C15H15FN4O3S. The Kier molecular flexibility index (Phi) is 5.48. The number of imide groups is 1. The molecule has 1 atom stereocenters. The minimum atomic E-state index is -0.962. The van der Waals surface area contributed by atoms with Gasteiger partial charge in [-0.25, -0.2) is 9.18 Å². The second-order valence-electron chi connectivity index (χ2n) is 4.88. The van der Waals surface area contributed by atoms with Crippen LogP contribution in [0.1, 0.15) is 17.3 Å². The number of rotatable bonds is 5. The van der Waals surface area contributed by atoms with Crippen LogP contribution in [0.2, 0.25) is 0 Å². The smallest absolute Gasteiger partial charge is 0.318 e. The van der Waals surface area contributed by atoms with Crippen LogP contribution >= 0.6 is 11.3 Å². The summed E-state index contributed by atoms with van der Waals surface area (Å²) in [6.07, 6.45) is 0. The van der Waals surface area contributed by atoms with E-state index in [-0.39, 0.29) is 5.69 Å². The first-order valence-corrected chi connectivity index (χ1v) is 7.81. The zero-order valence-electron chi connectivity index (χ0n) is 12.6. The predicted molar refractivity (Wildman–Crippen MR) is 89.5 cm³/mol. The number of carbonyl (C=O) groups is 3. The molecule has 0 saturated carbocycles. The minimum absolute atomic E-state index is 0.0290. The molecule has 2 rings (SSSR count). The number of carbonyl (C=O) groups excluding carboxylic acids is 3. The lowest BCUT2D eigenvalue weighted by Gasteiger charge is -2.15. The standard InChI is InChI=1S/C15H15FN4O3S/c1-8(13(21)20-15(17)23)18-10-2-3-11(16)12(6-10)19-14(22)9-4-5-24-7-9/h2-8,18H,1H3,(H,19,22)(H3,17,20,21,23). The number of nitrogens with two attached hydrogens (primary N) is 1. The number of amides is 4. The summed E-state index contributed by atoms with van der Waals surface area (Å²) in [6.45, 7) is 1.51. The molecule has 0 aliphatic heterocycles. The summed E-state index contributed by atoms with van der Waals surface area (Å²) in [7, 11) is 0. The third kappa shape index (κ3) is 4.53. The Bertz CT molecular complexity index is 764. The normalized spacial score (nSPS) is 11.4. The molecule has 24 heavy (non-hydrogen) atoms. The van der Waals surface area contributed by atoms with Gasteiger partial charge in [0.2, 0.25) is 5.91 Å². The van der Waals surface area contributed by atoms with Crippen LogP contribution in [0.15, 0.2) is 35.0 Å². The third-order valence-electron chi connectivity index (χ3n) is 3.02. The molecule has 2 aromatic rings. The molecule has 0 radical (unpaired) electrons. The summed E-state index contributed by atoms with van der Waals surface area (Å²) in [6, 6.07) is 3.79. The van der Waals surface area contributed by atoms with E-state index in [0.717, 1.165) is 6.07 Å². The van der Waals surface area contributed by atoms with Gasteiger partial charge >= 0.3 is 6.03 Å². The number of primary amides is 1. The van der Waals surface area contributed by atoms with E-state index >= 15 is 0 Å². The van der Waals surface area contributed by atoms with Crippen LogP contribution < -0.4 is 21.7 Å². The number of hydrogen-bond acceptors (Lipinski definition) is 5. The Hall–Kier alpha value is -2.94. The fourth-order valence-electron chi connectivity index (χ4n) is 1.84. The van der Waals surface area contributed by atoms with Crippen LogP contribution in [0.25, 0.3) is 0 Å². The van der Waals surface area contributed by atoms with Crippen molar-refractivity contribution in [2.24, 2.45) is 5.73 Å². The molecule has 0 spiro atoms. The quantitative estimate of drug-likeness (QED) is 0.661. The highest BCUT2D eigenvalue weighted by Gasteiger charge is 2.16. The van der Waals surface area contributed by atoms with Crippen molar-refractivity contribution in [3.05, 3.63) is 46.4 Å². The summed E-state index contributed by atoms with van der Waals surface area (Å²) >= 11 is 1.35. The van der Waals surface area contributed by atoms with E-state index in [0.29, 0.717) is 11.3 Å². The van der Waals surface area contributed by atoms with Crippen molar-refractivity contribution < 1.29 is 18.8 Å². The van der Waals surface area contributed by atoms with Gasteiger partial charge in [0, 0.05) is 11.1 Å². The van der Waals surface area contributed by atoms with Crippen molar-refractivity contribution in [2.75, 3.05) is 10.6 Å². The number of anilines is 2. The topological polar surface area (TPSA) is 113 Å². The predicted octanol–water partition coefficient (Wildman–Crippen LogP) is 2.13. The molecule has 4 amide bonds. The molecule has 9 heteroatoms. The molecule has 0 bridgehead atoms. The van der Waals surface area contributed by atoms with E-state index in [9.17, 15) is 18.8 Å². The lowest BCUT2D eigenvalue weighted by molar-refractivity contribution is -0.120. The molecule has 0 aliphatic rings. The second kappa shape index (κ2) is 7.55. The Morgan fingerprint density at radius 3 is 2.62 bits per heavy atom. The van der Waals surface area contributed by atoms with Gasteiger partial charge in [-0.3, -0.25) is 14.9 Å². The molecular weight excluding hydrogens is 335 g/mol. The van der Waals surface area contributed by atoms with Crippen molar-refractivity contribution >= 4 is 40.6 Å². The Morgan fingerprint density at radius 2 is 2.00 bits per heavy atom. The van der Waals surface area contributed by atoms with Gasteiger partial charge in [-0.15, -0.1) is 0 Å². The molecule has 1 aromatic heterocycles. The molecule has 126 valence electrons. The molecule has 0 fully saturated rings. The monoisotopic (exact) mass is 350 g/mol. The maximum absolute atomic E-state index is 13.9. The lowest BCUT2D eigenvalue weighted by Crippen LogP contribution is -2.43. The maximum Gasteiger partial charge on any atom is 0.318 e. The fourth-order valence-corrected chi connectivity index (χ4v) is 2.48. The zero-order chi connectivity index (χ0) is 17.7. The third-order valence-corrected chi connectivity index (χ3v) is 3.70. The van der Waals surface area contributed by atoms with E-state index < -0.39 is 29.7 Å². The van der Waals surface area contributed by atoms with Crippen LogP contribution in [0.4, 0.5) is 20.6 Å². The van der Waals surface area contributed by atoms with Crippen molar-refractivity contribution in [3.8, 4) is 0 Å². The molecule has 0 saturated heterocycles. The van der Waals surface area contributed by atoms with Crippen LogP contribution in [0, 0.1) is 5.82 Å². The number of benzene rings is 1. The molecule has 1 unspecified atom stereocenters. The highest BCUT2D eigenvalue weighted by Crippen LogP contribution is 2.21. The number of urea groups is 1. The summed E-state index contributed by atoms with van der Waals surface area (Å²) in [4.78, 5) is 34.3. The minimum Gasteiger partial charge on any atom is -0.374 e. The largest absolute Gasteiger partial charge is 0.374 e. The highest BCUT2D eigenvalue weighted by atomic mass is 32.1. The van der Waals surface area contributed by atoms with Crippen LogP contribution in [0.5, 0.6) is 0 Å². The zero-order valence-corrected chi connectivity index (χ0v) is 13.4. The van der Waals surface area contributed by atoms with E-state index in [4.69, 9.17) is 5.73 Å². The van der Waals surface area contributed by atoms with Crippen molar-refractivity contribution in [2.45, 2.75) is 13.0 Å². The lowest BCUT2D eigenvalue weighted by atomic mass is 10.2. The van der Waals surface area contributed by atoms with Gasteiger partial charge in [-0.05, 0) is 36.6 Å². The average molecular weight is 350 g/mol. The van der Waals surface area contributed by atoms with Crippen molar-refractivity contribution in [1.29, 1.82) is 0 Å². The second-order valence-corrected chi connectivity index (χ2v) is 5.66. The SMILES string of the molecule is CC(Nc1ccc(F)c(NC(=O)c2ccsc2)c1)C(=O)NC(N)=O. The van der Waals surface area contributed by atoms with Gasteiger partial charge in [0.25, 0.3) is 5.91 Å². The van der Waals surface area contributed by atoms with Gasteiger partial charge in [-0.2, -0.15) is 11.3 Å². The van der Waals surface area contributed by atoms with Gasteiger partial charge < -0.3 is 16.4 Å². The van der Waals surface area contributed by atoms with Crippen molar-refractivity contribution in [1.82, 2.24) is 5.32 Å². The number of halogens is 1. The molecule has 5 N–H and O–H groups in total. The van der Waals surface area contributed by atoms with Gasteiger partial charge in [0.15, 0.2) is 0 Å². The maximum atomic E-state index is 13.9. The Morgan fingerprint density at radius 1 is 1.25 bits per heavy atom. The van der Waals surface area contributed by atoms with Crippen LogP contribution in [-0.4, -0.2) is 23.9 Å². The summed E-state index contributed by atoms with van der Waals surface area (Å²) in [5.41, 5.74) is 5.66. The van der Waals surface area contributed by atoms with Gasteiger partial charge in [0.05, 0.1) is 11.3 Å². The van der Waals surface area contributed by atoms with E-state index in [1.807, 2.05) is 5.32 Å². The molecule has 7 nitrogen and oxygen atoms in total. The van der Waals surface area contributed by atoms with E-state index in [1.165, 1.54) is 30.4 Å². The summed E-state index contributed by atoms with van der Waals surface area (Å²) < 4.78 is 13.9. The fraction of sp³-hybridized carbons (Fsp3) is 0.133. The highest BCUT2D eigenvalue weighted by molar-refractivity contribution is 7.08. The van der Waals surface area contributed by atoms with E-state index in [1.54, 1.807) is 16.8 Å². The number of nitrogens with one attached hydrogen (secondary N) is 3. The van der Waals surface area contributed by atoms with Crippen LogP contribution in [0.3, 0.4) is 0 Å². The average Bonchev–Trinajstić information content (AvgIpc) is 3.04. The van der Waals surface area contributed by atoms with Crippen molar-refractivity contribution in [3.63, 3.8) is 0 Å². The molecule has 1 heterocycles. The Balaban J connectivity index is 2.09. The first-order chi connectivity index (χ1) is 11.4. The summed E-state index contributed by atoms with van der Waals surface area (Å²) in [5.74, 6) is -1.68. The molecule has 1 aromatic carbocycles. The van der Waals surface area contributed by atoms with E-state index in [2.05, 4.69) is 10.6 Å². The van der Waals surface area contributed by atoms with Crippen LogP contribution in [-0.2, 0) is 4.79 Å². The van der Waals surface area contributed by atoms with Gasteiger partial charge in [0.1, 0.15) is 11.9 Å².